The number of rotatable bonds is 10. The molecule has 4 aromatic carbocycles. The number of amides is 3. The van der Waals surface area contributed by atoms with Crippen molar-refractivity contribution in [3.05, 3.63) is 105 Å². The van der Waals surface area contributed by atoms with Gasteiger partial charge in [0, 0.05) is 63.7 Å². The summed E-state index contributed by atoms with van der Waals surface area (Å²) in [7, 11) is -9.48. The van der Waals surface area contributed by atoms with E-state index >= 15 is 0 Å². The third-order valence-corrected chi connectivity index (χ3v) is 14.2. The van der Waals surface area contributed by atoms with Crippen molar-refractivity contribution in [2.24, 2.45) is 10.9 Å². The van der Waals surface area contributed by atoms with Gasteiger partial charge in [0.25, 0.3) is 20.2 Å². The van der Waals surface area contributed by atoms with E-state index in [9.17, 15) is 35.5 Å². The van der Waals surface area contributed by atoms with E-state index in [-0.39, 0.29) is 55.6 Å². The summed E-state index contributed by atoms with van der Waals surface area (Å²) >= 11 is 0. The molecule has 1 heterocycles. The number of aryl methyl sites for hydroxylation is 2. The number of anilines is 4. The Kier molecular flexibility index (Phi) is 12.8. The molecule has 14 nitrogen and oxygen atoms in total. The van der Waals surface area contributed by atoms with E-state index in [0.29, 0.717) is 56.7 Å². The average molecular weight is 908 g/mol. The fourth-order valence-electron chi connectivity index (χ4n) is 9.11. The lowest BCUT2D eigenvalue weighted by atomic mass is 9.87. The van der Waals surface area contributed by atoms with Crippen LogP contribution in [0.3, 0.4) is 0 Å². The Labute approximate surface area is 373 Å². The van der Waals surface area contributed by atoms with E-state index in [1.165, 1.54) is 26.0 Å². The molecule has 3 aliphatic rings. The third kappa shape index (κ3) is 9.27. The van der Waals surface area contributed by atoms with Crippen molar-refractivity contribution < 1.29 is 39.9 Å². The number of hydrogen-bond acceptors (Lipinski definition) is 9. The van der Waals surface area contributed by atoms with Crippen LogP contribution in [0.4, 0.5) is 33.2 Å². The highest BCUT2D eigenvalue weighted by Gasteiger charge is 2.28. The Morgan fingerprint density at radius 2 is 1.48 bits per heavy atom. The summed E-state index contributed by atoms with van der Waals surface area (Å²) in [5.41, 5.74) is 7.47. The zero-order chi connectivity index (χ0) is 46.4. The maximum absolute atomic E-state index is 13.4. The normalized spacial score (nSPS) is 15.9. The van der Waals surface area contributed by atoms with Crippen molar-refractivity contribution in [2.45, 2.75) is 103 Å². The van der Waals surface area contributed by atoms with Gasteiger partial charge in [-0.1, -0.05) is 51.0 Å². The molecule has 0 aromatic heterocycles. The van der Waals surface area contributed by atoms with E-state index in [4.69, 9.17) is 9.41 Å². The van der Waals surface area contributed by atoms with Crippen LogP contribution in [0, 0.1) is 47.5 Å². The minimum Gasteiger partial charge on any atom is -0.456 e. The van der Waals surface area contributed by atoms with Gasteiger partial charge < -0.3 is 25.7 Å². The molecule has 0 spiro atoms. The number of benzene rings is 5. The van der Waals surface area contributed by atoms with Gasteiger partial charge in [0.2, 0.25) is 5.91 Å². The van der Waals surface area contributed by atoms with Crippen LogP contribution in [0.15, 0.2) is 85.9 Å². The van der Waals surface area contributed by atoms with E-state index in [1.807, 2.05) is 32.9 Å². The number of fused-ring (bicyclic) bond motifs is 2. The fourth-order valence-corrected chi connectivity index (χ4v) is 10.8. The molecular formula is C48H53N5O9S2. The standard InChI is InChI=1S/C48H53N5O9S2/c1-9-41(54)52-44-27(4)22-26(3)43(28(44)5)49-33-17-19-35-38(23-33)62-39-24-34(18-20-36(39)42(35)37-15-10-11-16-40(37)63(56,57)58)50-45-29(6)46(31(8)47(30(45)7)64(59,60)61)53-48(55)51-32-14-12-13-25(2)21-32/h10-11,15-20,22-25,32,49H,9,12-14,21H2,1-8H3,(H,52,54)(H2,51,53,55)(H,56,57,58)(H,59,60,61). The summed E-state index contributed by atoms with van der Waals surface area (Å²) in [5, 5.41) is 13.2. The molecule has 0 radical (unpaired) electrons. The van der Waals surface area contributed by atoms with Crippen molar-refractivity contribution >= 4 is 71.6 Å². The Morgan fingerprint density at radius 3 is 2.17 bits per heavy atom. The maximum Gasteiger partial charge on any atom is 0.319 e. The van der Waals surface area contributed by atoms with Gasteiger partial charge in [0.15, 0.2) is 0 Å². The molecule has 2 aliphatic carbocycles. The second kappa shape index (κ2) is 17.8. The Balaban J connectivity index is 1.41. The first-order chi connectivity index (χ1) is 30.2. The summed E-state index contributed by atoms with van der Waals surface area (Å²) in [6, 6.07) is 17.9. The number of urea groups is 1. The quantitative estimate of drug-likeness (QED) is 0.0564. The van der Waals surface area contributed by atoms with Crippen LogP contribution in [-0.2, 0) is 25.0 Å². The van der Waals surface area contributed by atoms with Crippen LogP contribution >= 0.6 is 0 Å². The summed E-state index contributed by atoms with van der Waals surface area (Å²) < 4.78 is 78.9. The van der Waals surface area contributed by atoms with E-state index in [1.54, 1.807) is 56.3 Å². The summed E-state index contributed by atoms with van der Waals surface area (Å²) in [6.07, 6.45) is 4.05. The Bertz CT molecular complexity index is 3140. The van der Waals surface area contributed by atoms with Crippen molar-refractivity contribution in [1.82, 2.24) is 5.32 Å². The Hall–Kier alpha value is -6.07. The van der Waals surface area contributed by atoms with Gasteiger partial charge in [-0.05, 0) is 124 Å². The second-order valence-corrected chi connectivity index (χ2v) is 19.6. The molecule has 1 aliphatic heterocycles. The second-order valence-electron chi connectivity index (χ2n) is 16.8. The first-order valence-electron chi connectivity index (χ1n) is 21.1. The van der Waals surface area contributed by atoms with Gasteiger partial charge in [0.05, 0.1) is 16.7 Å². The summed E-state index contributed by atoms with van der Waals surface area (Å²) in [5.74, 6) is 0.618. The van der Waals surface area contributed by atoms with Gasteiger partial charge in [-0.25, -0.2) is 9.79 Å². The molecule has 6 N–H and O–H groups in total. The molecule has 336 valence electrons. The molecule has 3 amide bonds. The van der Waals surface area contributed by atoms with Crippen molar-refractivity contribution in [3.63, 3.8) is 0 Å². The summed E-state index contributed by atoms with van der Waals surface area (Å²) in [4.78, 5) is 30.0. The third-order valence-electron chi connectivity index (χ3n) is 12.1. The maximum atomic E-state index is 13.4. The van der Waals surface area contributed by atoms with Gasteiger partial charge in [-0.15, -0.1) is 0 Å². The molecule has 2 atom stereocenters. The predicted octanol–water partition coefficient (Wildman–Crippen LogP) is 10.6. The minimum absolute atomic E-state index is 0.0397. The average Bonchev–Trinajstić information content (AvgIpc) is 3.22. The highest BCUT2D eigenvalue weighted by Crippen LogP contribution is 2.44. The van der Waals surface area contributed by atoms with Crippen LogP contribution in [-0.4, -0.2) is 43.9 Å². The summed E-state index contributed by atoms with van der Waals surface area (Å²) in [6.45, 7) is 14.5. The van der Waals surface area contributed by atoms with Crippen LogP contribution in [0.1, 0.15) is 79.3 Å². The van der Waals surface area contributed by atoms with Crippen LogP contribution in [0.5, 0.6) is 0 Å². The highest BCUT2D eigenvalue weighted by atomic mass is 32.2. The molecule has 0 bridgehead atoms. The number of hydrogen-bond donors (Lipinski definition) is 6. The monoisotopic (exact) mass is 907 g/mol. The lowest BCUT2D eigenvalue weighted by molar-refractivity contribution is -0.115. The molecule has 1 saturated carbocycles. The number of carbonyl (C=O) groups excluding carboxylic acids is 2. The van der Waals surface area contributed by atoms with E-state index in [0.717, 1.165) is 48.1 Å². The van der Waals surface area contributed by atoms with E-state index in [2.05, 4.69) is 28.2 Å². The Morgan fingerprint density at radius 1 is 0.766 bits per heavy atom. The molecule has 4 aromatic rings. The van der Waals surface area contributed by atoms with Crippen LogP contribution < -0.4 is 26.6 Å². The highest BCUT2D eigenvalue weighted by molar-refractivity contribution is 7.86. The SMILES string of the molecule is CCC(=O)Nc1c(C)cc(C)c(Nc2ccc3c(-c4ccccc4S(=O)(=O)O)c4ccc(=Nc5c(C)c(NC(=O)NC6CCCC(C)C6)c(C)c(S(=O)(=O)O)c5C)cc-4oc3c2)c1C. The largest absolute Gasteiger partial charge is 0.456 e. The van der Waals surface area contributed by atoms with Crippen LogP contribution in [0.25, 0.3) is 33.4 Å². The molecule has 1 fully saturated rings. The first-order valence-corrected chi connectivity index (χ1v) is 24.0. The first kappa shape index (κ1) is 45.9. The van der Waals surface area contributed by atoms with Gasteiger partial charge in [-0.3, -0.25) is 13.9 Å². The lowest BCUT2D eigenvalue weighted by Crippen LogP contribution is -2.40. The topological polar surface area (TPSA) is 216 Å². The van der Waals surface area contributed by atoms with Gasteiger partial charge in [-0.2, -0.15) is 16.8 Å². The lowest BCUT2D eigenvalue weighted by Gasteiger charge is -2.28. The smallest absolute Gasteiger partial charge is 0.319 e. The molecule has 64 heavy (non-hydrogen) atoms. The molecule has 7 rings (SSSR count). The van der Waals surface area contributed by atoms with Crippen LogP contribution in [0.2, 0.25) is 0 Å². The molecule has 2 unspecified atom stereocenters. The fraction of sp³-hybridized carbons (Fsp3) is 0.312. The van der Waals surface area contributed by atoms with Gasteiger partial charge >= 0.3 is 6.03 Å². The van der Waals surface area contributed by atoms with E-state index < -0.39 is 26.3 Å². The molecule has 16 heteroatoms. The number of nitrogens with zero attached hydrogens (tertiary/aromatic N) is 1. The predicted molar refractivity (Wildman–Crippen MR) is 250 cm³/mol. The molecule has 0 saturated heterocycles. The molecular weight excluding hydrogens is 855 g/mol. The van der Waals surface area contributed by atoms with Gasteiger partial charge in [0.1, 0.15) is 21.1 Å². The minimum atomic E-state index is -4.79. The number of carbonyl (C=O) groups is 2. The van der Waals surface area contributed by atoms with Crippen molar-refractivity contribution in [1.29, 1.82) is 0 Å². The zero-order valence-corrected chi connectivity index (χ0v) is 38.7. The van der Waals surface area contributed by atoms with Crippen molar-refractivity contribution in [2.75, 3.05) is 16.0 Å². The number of nitrogens with one attached hydrogen (secondary N) is 4. The zero-order valence-electron chi connectivity index (χ0n) is 37.1. The van der Waals surface area contributed by atoms with Crippen molar-refractivity contribution in [3.8, 4) is 22.5 Å².